The van der Waals surface area contributed by atoms with Crippen molar-refractivity contribution < 1.29 is 9.53 Å². The summed E-state index contributed by atoms with van der Waals surface area (Å²) < 4.78 is 5.30. The topological polar surface area (TPSA) is 38.3 Å². The molecule has 0 bridgehead atoms. The maximum atomic E-state index is 12.0. The van der Waals surface area contributed by atoms with Crippen LogP contribution in [0.1, 0.15) is 46.6 Å². The highest BCUT2D eigenvalue weighted by atomic mass is 16.5. The second-order valence-corrected chi connectivity index (χ2v) is 6.27. The van der Waals surface area contributed by atoms with Crippen LogP contribution in [0.4, 0.5) is 4.79 Å². The summed E-state index contributed by atoms with van der Waals surface area (Å²) in [4.78, 5) is 12.0. The number of amides is 1. The van der Waals surface area contributed by atoms with E-state index in [1.807, 2.05) is 30.3 Å². The zero-order chi connectivity index (χ0) is 15.2. The molecule has 0 aliphatic carbocycles. The van der Waals surface area contributed by atoms with Crippen molar-refractivity contribution >= 4 is 6.09 Å². The first kappa shape index (κ1) is 16.5. The summed E-state index contributed by atoms with van der Waals surface area (Å²) in [6, 6.07) is 9.83. The Hall–Kier alpha value is -1.51. The monoisotopic (exact) mass is 277 g/mol. The zero-order valence-electron chi connectivity index (χ0n) is 13.3. The quantitative estimate of drug-likeness (QED) is 0.838. The molecular formula is C17H27NO2. The van der Waals surface area contributed by atoms with E-state index in [0.717, 1.165) is 12.0 Å². The summed E-state index contributed by atoms with van der Waals surface area (Å²) >= 11 is 0. The second kappa shape index (κ2) is 7.32. The van der Waals surface area contributed by atoms with Crippen LogP contribution in [0, 0.1) is 11.3 Å². The summed E-state index contributed by atoms with van der Waals surface area (Å²) in [6.45, 7) is 11.1. The molecule has 1 aromatic rings. The Morgan fingerprint density at radius 1 is 1.25 bits per heavy atom. The van der Waals surface area contributed by atoms with Crippen molar-refractivity contribution in [2.45, 2.75) is 53.7 Å². The first-order valence-electron chi connectivity index (χ1n) is 7.34. The van der Waals surface area contributed by atoms with Crippen molar-refractivity contribution in [3.8, 4) is 0 Å². The van der Waals surface area contributed by atoms with Gasteiger partial charge in [0.2, 0.25) is 0 Å². The minimum absolute atomic E-state index is 0.0555. The Morgan fingerprint density at radius 2 is 1.85 bits per heavy atom. The number of hydrogen-bond acceptors (Lipinski definition) is 2. The van der Waals surface area contributed by atoms with Gasteiger partial charge in [0.1, 0.15) is 6.61 Å². The predicted octanol–water partition coefficient (Wildman–Crippen LogP) is 4.37. The van der Waals surface area contributed by atoms with Crippen LogP contribution in [0.2, 0.25) is 0 Å². The fraction of sp³-hybridized carbons (Fsp3) is 0.588. The van der Waals surface area contributed by atoms with E-state index in [1.165, 1.54) is 0 Å². The fourth-order valence-corrected chi connectivity index (χ4v) is 2.38. The van der Waals surface area contributed by atoms with E-state index in [9.17, 15) is 4.79 Å². The average molecular weight is 277 g/mol. The number of hydrogen-bond donors (Lipinski definition) is 1. The molecule has 0 saturated heterocycles. The highest BCUT2D eigenvalue weighted by molar-refractivity contribution is 5.67. The van der Waals surface area contributed by atoms with Crippen LogP contribution < -0.4 is 5.32 Å². The average Bonchev–Trinajstić information content (AvgIpc) is 2.43. The molecule has 1 aromatic carbocycles. The van der Waals surface area contributed by atoms with Crippen molar-refractivity contribution in [1.82, 2.24) is 5.32 Å². The van der Waals surface area contributed by atoms with E-state index in [4.69, 9.17) is 4.74 Å². The molecule has 0 aromatic heterocycles. The number of nitrogens with one attached hydrogen (secondary N) is 1. The van der Waals surface area contributed by atoms with Crippen molar-refractivity contribution in [3.05, 3.63) is 35.9 Å². The van der Waals surface area contributed by atoms with Gasteiger partial charge < -0.3 is 10.1 Å². The SMILES string of the molecule is CCC(C)(C)[C@@H](NC(=O)OCc1ccccc1)C(C)C. The third-order valence-corrected chi connectivity index (χ3v) is 3.91. The number of alkyl carbamates (subject to hydrolysis) is 1. The van der Waals surface area contributed by atoms with Gasteiger partial charge in [0.25, 0.3) is 0 Å². The molecule has 0 radical (unpaired) electrons. The van der Waals surface area contributed by atoms with Crippen LogP contribution in [-0.2, 0) is 11.3 Å². The fourth-order valence-electron chi connectivity index (χ4n) is 2.38. The van der Waals surface area contributed by atoms with Crippen molar-refractivity contribution in [1.29, 1.82) is 0 Å². The first-order chi connectivity index (χ1) is 9.36. The third kappa shape index (κ3) is 4.87. The molecule has 0 spiro atoms. The molecule has 3 nitrogen and oxygen atoms in total. The highest BCUT2D eigenvalue weighted by Gasteiger charge is 2.31. The number of carbonyl (C=O) groups is 1. The van der Waals surface area contributed by atoms with Crippen LogP contribution in [-0.4, -0.2) is 12.1 Å². The molecule has 112 valence electrons. The van der Waals surface area contributed by atoms with E-state index in [2.05, 4.69) is 39.9 Å². The molecular weight excluding hydrogens is 250 g/mol. The van der Waals surface area contributed by atoms with Crippen molar-refractivity contribution in [2.75, 3.05) is 0 Å². The maximum absolute atomic E-state index is 12.0. The van der Waals surface area contributed by atoms with E-state index < -0.39 is 0 Å². The van der Waals surface area contributed by atoms with Crippen LogP contribution in [0.15, 0.2) is 30.3 Å². The molecule has 0 unspecified atom stereocenters. The molecule has 1 N–H and O–H groups in total. The van der Waals surface area contributed by atoms with Gasteiger partial charge in [0.05, 0.1) is 0 Å². The Morgan fingerprint density at radius 3 is 2.35 bits per heavy atom. The van der Waals surface area contributed by atoms with Crippen LogP contribution in [0.25, 0.3) is 0 Å². The molecule has 1 atom stereocenters. The van der Waals surface area contributed by atoms with Crippen molar-refractivity contribution in [3.63, 3.8) is 0 Å². The van der Waals surface area contributed by atoms with E-state index in [1.54, 1.807) is 0 Å². The van der Waals surface area contributed by atoms with Gasteiger partial charge in [-0.25, -0.2) is 4.79 Å². The second-order valence-electron chi connectivity index (χ2n) is 6.27. The van der Waals surface area contributed by atoms with Crippen LogP contribution >= 0.6 is 0 Å². The van der Waals surface area contributed by atoms with Gasteiger partial charge in [0, 0.05) is 6.04 Å². The lowest BCUT2D eigenvalue weighted by molar-refractivity contribution is 0.112. The molecule has 0 saturated carbocycles. The highest BCUT2D eigenvalue weighted by Crippen LogP contribution is 2.29. The van der Waals surface area contributed by atoms with Crippen LogP contribution in [0.5, 0.6) is 0 Å². The smallest absolute Gasteiger partial charge is 0.407 e. The maximum Gasteiger partial charge on any atom is 0.407 e. The van der Waals surface area contributed by atoms with E-state index in [-0.39, 0.29) is 17.6 Å². The van der Waals surface area contributed by atoms with Gasteiger partial charge in [-0.3, -0.25) is 0 Å². The van der Waals surface area contributed by atoms with Gasteiger partial charge in [-0.15, -0.1) is 0 Å². The number of carbonyl (C=O) groups excluding carboxylic acids is 1. The van der Waals surface area contributed by atoms with Gasteiger partial charge in [0.15, 0.2) is 0 Å². The predicted molar refractivity (Wildman–Crippen MR) is 82.5 cm³/mol. The summed E-state index contributed by atoms with van der Waals surface area (Å²) in [5.41, 5.74) is 1.05. The van der Waals surface area contributed by atoms with E-state index in [0.29, 0.717) is 12.5 Å². The molecule has 0 aliphatic heterocycles. The van der Waals surface area contributed by atoms with E-state index >= 15 is 0 Å². The molecule has 0 fully saturated rings. The summed E-state index contributed by atoms with van der Waals surface area (Å²) in [7, 11) is 0. The zero-order valence-corrected chi connectivity index (χ0v) is 13.3. The molecule has 20 heavy (non-hydrogen) atoms. The van der Waals surface area contributed by atoms with Crippen LogP contribution in [0.3, 0.4) is 0 Å². The minimum atomic E-state index is -0.339. The lowest BCUT2D eigenvalue weighted by Gasteiger charge is -2.36. The van der Waals surface area contributed by atoms with Gasteiger partial charge >= 0.3 is 6.09 Å². The Labute approximate surface area is 122 Å². The Kier molecular flexibility index (Phi) is 6.05. The molecule has 3 heteroatoms. The Balaban J connectivity index is 2.55. The molecule has 0 heterocycles. The third-order valence-electron chi connectivity index (χ3n) is 3.91. The lowest BCUT2D eigenvalue weighted by atomic mass is 9.76. The van der Waals surface area contributed by atoms with Crippen molar-refractivity contribution in [2.24, 2.45) is 11.3 Å². The standard InChI is InChI=1S/C17H27NO2/c1-6-17(4,5)15(13(2)3)18-16(19)20-12-14-10-8-7-9-11-14/h7-11,13,15H,6,12H2,1-5H3,(H,18,19)/t15-/m0/s1. The van der Waals surface area contributed by atoms with Gasteiger partial charge in [-0.1, -0.05) is 65.0 Å². The molecule has 1 rings (SSSR count). The number of rotatable bonds is 6. The summed E-state index contributed by atoms with van der Waals surface area (Å²) in [5.74, 6) is 0.370. The Bertz CT molecular complexity index is 412. The molecule has 1 amide bonds. The first-order valence-corrected chi connectivity index (χ1v) is 7.34. The van der Waals surface area contributed by atoms with Gasteiger partial charge in [-0.2, -0.15) is 0 Å². The summed E-state index contributed by atoms with van der Waals surface area (Å²) in [6.07, 6.45) is 0.670. The number of ether oxygens (including phenoxy) is 1. The molecule has 0 aliphatic rings. The minimum Gasteiger partial charge on any atom is -0.445 e. The van der Waals surface area contributed by atoms with Gasteiger partial charge in [-0.05, 0) is 23.3 Å². The lowest BCUT2D eigenvalue weighted by Crippen LogP contribution is -2.48. The summed E-state index contributed by atoms with van der Waals surface area (Å²) in [5, 5.41) is 3.02. The largest absolute Gasteiger partial charge is 0.445 e. The number of benzene rings is 1. The normalized spacial score (nSPS) is 13.1.